The van der Waals surface area contributed by atoms with Crippen molar-refractivity contribution in [2.24, 2.45) is 5.41 Å². The Labute approximate surface area is 243 Å². The molecule has 41 heavy (non-hydrogen) atoms. The summed E-state index contributed by atoms with van der Waals surface area (Å²) >= 11 is 0. The number of methoxy groups -OCH3 is 1. The number of carboxylic acid groups (broad SMARTS) is 1. The first-order valence-electron chi connectivity index (χ1n) is 14.2. The van der Waals surface area contributed by atoms with Crippen LogP contribution in [0, 0.1) is 12.3 Å². The van der Waals surface area contributed by atoms with Gasteiger partial charge in [-0.05, 0) is 69.7 Å². The number of nitrogens with zero attached hydrogens (tertiary/aromatic N) is 3. The number of para-hydroxylation sites is 1. The van der Waals surface area contributed by atoms with E-state index in [1.165, 1.54) is 0 Å². The summed E-state index contributed by atoms with van der Waals surface area (Å²) in [5, 5.41) is 10.3. The third-order valence-electron chi connectivity index (χ3n) is 7.52. The molecule has 8 heteroatoms. The van der Waals surface area contributed by atoms with Crippen LogP contribution in [0.3, 0.4) is 0 Å². The van der Waals surface area contributed by atoms with Crippen molar-refractivity contribution in [1.82, 2.24) is 9.97 Å². The monoisotopic (exact) mass is 561 g/mol. The molecule has 0 aliphatic carbocycles. The molecule has 3 aromatic rings. The zero-order chi connectivity index (χ0) is 29.8. The second-order valence-electron chi connectivity index (χ2n) is 12.4. The molecular weight excluding hydrogens is 518 g/mol. The lowest BCUT2D eigenvalue weighted by molar-refractivity contribution is -0.160. The summed E-state index contributed by atoms with van der Waals surface area (Å²) in [6, 6.07) is 11.7. The number of aliphatic carboxylic acids is 1. The fourth-order valence-corrected chi connectivity index (χ4v) is 5.19. The summed E-state index contributed by atoms with van der Waals surface area (Å²) < 4.78 is 17.6. The molecule has 3 heterocycles. The third kappa shape index (κ3) is 7.55. The third-order valence-corrected chi connectivity index (χ3v) is 7.52. The van der Waals surface area contributed by atoms with E-state index in [1.54, 1.807) is 19.5 Å². The van der Waals surface area contributed by atoms with Gasteiger partial charge in [0.25, 0.3) is 0 Å². The van der Waals surface area contributed by atoms with Crippen LogP contribution in [0.15, 0.2) is 48.8 Å². The van der Waals surface area contributed by atoms with Crippen molar-refractivity contribution in [3.05, 3.63) is 65.6 Å². The highest BCUT2D eigenvalue weighted by molar-refractivity contribution is 5.85. The van der Waals surface area contributed by atoms with Crippen molar-refractivity contribution < 1.29 is 24.1 Å². The minimum absolute atomic E-state index is 0.230. The van der Waals surface area contributed by atoms with Gasteiger partial charge in [-0.2, -0.15) is 0 Å². The molecule has 1 saturated heterocycles. The Morgan fingerprint density at radius 2 is 1.78 bits per heavy atom. The molecule has 1 N–H and O–H groups in total. The number of pyridine rings is 2. The number of carbonyl (C=O) groups is 1. The van der Waals surface area contributed by atoms with Gasteiger partial charge in [0.05, 0.1) is 36.9 Å². The first-order valence-corrected chi connectivity index (χ1v) is 14.2. The molecule has 1 fully saturated rings. The van der Waals surface area contributed by atoms with Gasteiger partial charge in [0.15, 0.2) is 6.10 Å². The zero-order valence-corrected chi connectivity index (χ0v) is 25.4. The lowest BCUT2D eigenvalue weighted by Gasteiger charge is -2.40. The number of ether oxygens (including phenoxy) is 3. The average Bonchev–Trinajstić information content (AvgIpc) is 2.92. The number of anilines is 1. The van der Waals surface area contributed by atoms with E-state index in [1.807, 2.05) is 64.1 Å². The molecule has 0 radical (unpaired) electrons. The molecule has 220 valence electrons. The minimum atomic E-state index is -1.16. The molecule has 1 aliphatic heterocycles. The largest absolute Gasteiger partial charge is 0.496 e. The highest BCUT2D eigenvalue weighted by atomic mass is 16.5. The van der Waals surface area contributed by atoms with E-state index in [0.29, 0.717) is 35.7 Å². The molecule has 1 aliphatic rings. The number of aryl methyl sites for hydroxylation is 1. The van der Waals surface area contributed by atoms with Crippen molar-refractivity contribution in [1.29, 1.82) is 0 Å². The van der Waals surface area contributed by atoms with E-state index >= 15 is 0 Å². The van der Waals surface area contributed by atoms with Gasteiger partial charge in [-0.3, -0.25) is 9.97 Å². The molecule has 0 saturated carbocycles. The van der Waals surface area contributed by atoms with Crippen molar-refractivity contribution in [2.45, 2.75) is 72.5 Å². The van der Waals surface area contributed by atoms with Crippen LogP contribution in [0.4, 0.5) is 5.69 Å². The van der Waals surface area contributed by atoms with Crippen LogP contribution < -0.4 is 14.4 Å². The quantitative estimate of drug-likeness (QED) is 0.294. The van der Waals surface area contributed by atoms with Crippen LogP contribution in [0.25, 0.3) is 11.3 Å². The molecule has 0 bridgehead atoms. The van der Waals surface area contributed by atoms with Crippen LogP contribution in [0.1, 0.15) is 70.4 Å². The lowest BCUT2D eigenvalue weighted by atomic mass is 9.82. The van der Waals surface area contributed by atoms with Gasteiger partial charge in [0.1, 0.15) is 11.5 Å². The summed E-state index contributed by atoms with van der Waals surface area (Å²) in [6.07, 6.45) is 5.05. The van der Waals surface area contributed by atoms with Crippen molar-refractivity contribution in [3.8, 4) is 22.8 Å². The number of aromatic nitrogens is 2. The topological polar surface area (TPSA) is 94.0 Å². The average molecular weight is 562 g/mol. The number of rotatable bonds is 10. The zero-order valence-electron chi connectivity index (χ0n) is 25.4. The Balaban J connectivity index is 1.67. The first kappa shape index (κ1) is 30.3. The molecule has 1 atom stereocenters. The lowest BCUT2D eigenvalue weighted by Crippen LogP contribution is -2.39. The van der Waals surface area contributed by atoms with E-state index in [0.717, 1.165) is 48.5 Å². The summed E-state index contributed by atoms with van der Waals surface area (Å²) in [5.41, 5.74) is 4.21. The molecule has 0 spiro atoms. The van der Waals surface area contributed by atoms with Gasteiger partial charge in [-0.1, -0.05) is 32.0 Å². The van der Waals surface area contributed by atoms with Gasteiger partial charge >= 0.3 is 5.97 Å². The normalized spacial score (nSPS) is 15.8. The molecule has 8 nitrogen and oxygen atoms in total. The Morgan fingerprint density at radius 3 is 2.39 bits per heavy atom. The minimum Gasteiger partial charge on any atom is -0.496 e. The molecule has 1 aromatic carbocycles. The maximum Gasteiger partial charge on any atom is 0.337 e. The van der Waals surface area contributed by atoms with Crippen LogP contribution in [-0.4, -0.2) is 53.5 Å². The van der Waals surface area contributed by atoms with E-state index in [2.05, 4.69) is 23.7 Å². The fraction of sp³-hybridized carbons (Fsp3) is 0.485. The standard InChI is InChI=1S/C33H43N3O5/c1-22-28(30(31(37)38)41-32(2,3)4)29(36-17-15-33(5,6)16-18-36)25(21-34-22)26-13-12-24(20-35-26)40-19-14-23-10-8-9-11-27(23)39-7/h8-13,20-21,30H,14-19H2,1-7H3,(H,37,38)/t30-/m0/s1. The van der Waals surface area contributed by atoms with E-state index in [-0.39, 0.29) is 5.41 Å². The predicted octanol–water partition coefficient (Wildman–Crippen LogP) is 6.65. The maximum absolute atomic E-state index is 12.6. The highest BCUT2D eigenvalue weighted by Gasteiger charge is 2.36. The number of hydrogen-bond donors (Lipinski definition) is 1. The summed E-state index contributed by atoms with van der Waals surface area (Å²) in [6.45, 7) is 14.1. The van der Waals surface area contributed by atoms with E-state index in [9.17, 15) is 9.90 Å². The van der Waals surface area contributed by atoms with Gasteiger partial charge in [-0.15, -0.1) is 0 Å². The summed E-state index contributed by atoms with van der Waals surface area (Å²) in [5.74, 6) is 0.466. The highest BCUT2D eigenvalue weighted by Crippen LogP contribution is 2.43. The van der Waals surface area contributed by atoms with Crippen LogP contribution in [-0.2, 0) is 16.0 Å². The summed E-state index contributed by atoms with van der Waals surface area (Å²) in [7, 11) is 1.67. The predicted molar refractivity (Wildman–Crippen MR) is 161 cm³/mol. The molecule has 4 rings (SSSR count). The number of piperidine rings is 1. The fourth-order valence-electron chi connectivity index (χ4n) is 5.19. The van der Waals surface area contributed by atoms with Crippen LogP contribution in [0.2, 0.25) is 0 Å². The Hall–Kier alpha value is -3.65. The van der Waals surface area contributed by atoms with Gasteiger partial charge in [0.2, 0.25) is 0 Å². The van der Waals surface area contributed by atoms with Crippen molar-refractivity contribution in [3.63, 3.8) is 0 Å². The van der Waals surface area contributed by atoms with Gasteiger partial charge < -0.3 is 24.2 Å². The Morgan fingerprint density at radius 1 is 1.07 bits per heavy atom. The van der Waals surface area contributed by atoms with Crippen molar-refractivity contribution >= 4 is 11.7 Å². The van der Waals surface area contributed by atoms with Crippen molar-refractivity contribution in [2.75, 3.05) is 31.7 Å². The first-order chi connectivity index (χ1) is 19.4. The SMILES string of the molecule is COc1ccccc1CCOc1ccc(-c2cnc(C)c([C@H](OC(C)(C)C)C(=O)O)c2N2CCC(C)(C)CC2)nc1. The van der Waals surface area contributed by atoms with Crippen LogP contribution >= 0.6 is 0 Å². The second-order valence-corrected chi connectivity index (χ2v) is 12.4. The Bertz CT molecular complexity index is 1340. The molecule has 0 unspecified atom stereocenters. The molecular formula is C33H43N3O5. The number of carboxylic acids is 1. The smallest absolute Gasteiger partial charge is 0.337 e. The molecule has 2 aromatic heterocycles. The number of benzene rings is 1. The second kappa shape index (κ2) is 12.5. The maximum atomic E-state index is 12.6. The Kier molecular flexibility index (Phi) is 9.22. The summed E-state index contributed by atoms with van der Waals surface area (Å²) in [4.78, 5) is 24.3. The van der Waals surface area contributed by atoms with Gasteiger partial charge in [0, 0.05) is 42.5 Å². The number of hydrogen-bond acceptors (Lipinski definition) is 7. The van der Waals surface area contributed by atoms with E-state index < -0.39 is 17.7 Å². The van der Waals surface area contributed by atoms with E-state index in [4.69, 9.17) is 19.2 Å². The van der Waals surface area contributed by atoms with Gasteiger partial charge in [-0.25, -0.2) is 4.79 Å². The molecule has 0 amide bonds. The van der Waals surface area contributed by atoms with Crippen LogP contribution in [0.5, 0.6) is 11.5 Å².